The average molecular weight is 457 g/mol. The van der Waals surface area contributed by atoms with E-state index in [2.05, 4.69) is 5.32 Å². The maximum absolute atomic E-state index is 12.2. The van der Waals surface area contributed by atoms with E-state index in [1.807, 2.05) is 18.4 Å². The first-order valence-electron chi connectivity index (χ1n) is 9.07. The zero-order valence-electron chi connectivity index (χ0n) is 16.4. The second-order valence-electron chi connectivity index (χ2n) is 6.26. The number of halogens is 1. The predicted molar refractivity (Wildman–Crippen MR) is 120 cm³/mol. The van der Waals surface area contributed by atoms with E-state index < -0.39 is 10.0 Å². The molecule has 0 heterocycles. The molecule has 0 saturated carbocycles. The Bertz CT molecular complexity index is 905. The molecule has 0 aliphatic rings. The van der Waals surface area contributed by atoms with E-state index in [0.29, 0.717) is 36.0 Å². The summed E-state index contributed by atoms with van der Waals surface area (Å²) in [6, 6.07) is 14.3. The number of anilines is 1. The van der Waals surface area contributed by atoms with Crippen LogP contribution in [-0.4, -0.2) is 46.5 Å². The molecular weight excluding hydrogens is 432 g/mol. The van der Waals surface area contributed by atoms with Crippen LogP contribution in [-0.2, 0) is 14.8 Å². The fourth-order valence-corrected chi connectivity index (χ4v) is 4.43. The molecule has 29 heavy (non-hydrogen) atoms. The Hall–Kier alpha value is -1.90. The third kappa shape index (κ3) is 7.79. The van der Waals surface area contributed by atoms with Crippen molar-refractivity contribution in [3.05, 3.63) is 53.6 Å². The molecule has 6 nitrogen and oxygen atoms in total. The van der Waals surface area contributed by atoms with Gasteiger partial charge < -0.3 is 10.1 Å². The summed E-state index contributed by atoms with van der Waals surface area (Å²) in [4.78, 5) is 12.9. The standard InChI is InChI=1S/C20H25ClN2O4S2/c1-28-19-7-4-3-6-18(19)23(29(2,25)26)14-5-8-20(24)22-13-15-27-17-11-9-16(21)10-12-17/h3-4,6-7,9-12H,5,8,13-15H2,1-2H3,(H,22,24). The van der Waals surface area contributed by atoms with Gasteiger partial charge >= 0.3 is 0 Å². The normalized spacial score (nSPS) is 11.1. The maximum Gasteiger partial charge on any atom is 0.232 e. The van der Waals surface area contributed by atoms with Crippen LogP contribution in [0.2, 0.25) is 5.02 Å². The molecular formula is C20H25ClN2O4S2. The number of para-hydroxylation sites is 1. The fraction of sp³-hybridized carbons (Fsp3) is 0.350. The zero-order valence-corrected chi connectivity index (χ0v) is 18.8. The van der Waals surface area contributed by atoms with Gasteiger partial charge in [-0.3, -0.25) is 9.10 Å². The molecule has 9 heteroatoms. The molecule has 0 fully saturated rings. The lowest BCUT2D eigenvalue weighted by Gasteiger charge is -2.24. The lowest BCUT2D eigenvalue weighted by atomic mass is 10.2. The topological polar surface area (TPSA) is 75.7 Å². The van der Waals surface area contributed by atoms with Crippen molar-refractivity contribution in [1.29, 1.82) is 0 Å². The van der Waals surface area contributed by atoms with E-state index in [4.69, 9.17) is 16.3 Å². The minimum atomic E-state index is -3.44. The summed E-state index contributed by atoms with van der Waals surface area (Å²) in [5, 5.41) is 3.41. The van der Waals surface area contributed by atoms with Gasteiger partial charge in [-0.05, 0) is 49.1 Å². The van der Waals surface area contributed by atoms with Crippen LogP contribution in [0, 0.1) is 0 Å². The largest absolute Gasteiger partial charge is 0.492 e. The number of carbonyl (C=O) groups excluding carboxylic acids is 1. The molecule has 0 aliphatic heterocycles. The number of sulfonamides is 1. The molecule has 0 aliphatic carbocycles. The number of nitrogens with one attached hydrogen (secondary N) is 1. The van der Waals surface area contributed by atoms with Gasteiger partial charge in [-0.1, -0.05) is 23.7 Å². The molecule has 2 aromatic rings. The number of hydrogen-bond acceptors (Lipinski definition) is 5. The van der Waals surface area contributed by atoms with Gasteiger partial charge in [0.1, 0.15) is 12.4 Å². The van der Waals surface area contributed by atoms with Crippen molar-refractivity contribution in [3.8, 4) is 5.75 Å². The van der Waals surface area contributed by atoms with Crippen LogP contribution in [0.5, 0.6) is 5.75 Å². The van der Waals surface area contributed by atoms with Crippen LogP contribution in [0.25, 0.3) is 0 Å². The lowest BCUT2D eigenvalue weighted by Crippen LogP contribution is -2.33. The molecule has 0 atom stereocenters. The Kier molecular flexibility index (Phi) is 9.13. The van der Waals surface area contributed by atoms with Crippen LogP contribution >= 0.6 is 23.4 Å². The quantitative estimate of drug-likeness (QED) is 0.411. The molecule has 2 aromatic carbocycles. The Balaban J connectivity index is 1.78. The molecule has 0 unspecified atom stereocenters. The number of rotatable bonds is 11. The van der Waals surface area contributed by atoms with Crippen molar-refractivity contribution in [2.75, 3.05) is 36.5 Å². The van der Waals surface area contributed by atoms with Gasteiger partial charge in [-0.2, -0.15) is 0 Å². The third-order valence-electron chi connectivity index (χ3n) is 4.03. The van der Waals surface area contributed by atoms with Crippen LogP contribution in [0.15, 0.2) is 53.4 Å². The first kappa shape index (κ1) is 23.4. The summed E-state index contributed by atoms with van der Waals surface area (Å²) >= 11 is 7.30. The van der Waals surface area contributed by atoms with Crippen molar-refractivity contribution < 1.29 is 17.9 Å². The zero-order chi connectivity index (χ0) is 21.3. The van der Waals surface area contributed by atoms with E-state index in [1.54, 1.807) is 36.4 Å². The highest BCUT2D eigenvalue weighted by molar-refractivity contribution is 7.99. The monoisotopic (exact) mass is 456 g/mol. The van der Waals surface area contributed by atoms with Crippen LogP contribution < -0.4 is 14.4 Å². The van der Waals surface area contributed by atoms with Crippen molar-refractivity contribution in [2.24, 2.45) is 0 Å². The molecule has 1 N–H and O–H groups in total. The number of ether oxygens (including phenoxy) is 1. The highest BCUT2D eigenvalue weighted by atomic mass is 35.5. The van der Waals surface area contributed by atoms with Crippen molar-refractivity contribution in [2.45, 2.75) is 17.7 Å². The minimum absolute atomic E-state index is 0.142. The maximum atomic E-state index is 12.2. The smallest absolute Gasteiger partial charge is 0.232 e. The number of carbonyl (C=O) groups is 1. The van der Waals surface area contributed by atoms with E-state index in [1.165, 1.54) is 22.3 Å². The number of amides is 1. The summed E-state index contributed by atoms with van der Waals surface area (Å²) in [7, 11) is -3.44. The van der Waals surface area contributed by atoms with E-state index in [0.717, 1.165) is 4.90 Å². The van der Waals surface area contributed by atoms with Gasteiger partial charge in [0, 0.05) is 22.9 Å². The first-order chi connectivity index (χ1) is 13.8. The molecule has 0 bridgehead atoms. The fourth-order valence-electron chi connectivity index (χ4n) is 2.66. The van der Waals surface area contributed by atoms with Crippen LogP contribution in [0.1, 0.15) is 12.8 Å². The van der Waals surface area contributed by atoms with Crippen LogP contribution in [0.4, 0.5) is 5.69 Å². The number of benzene rings is 2. The van der Waals surface area contributed by atoms with E-state index in [9.17, 15) is 13.2 Å². The Morgan fingerprint density at radius 3 is 2.52 bits per heavy atom. The van der Waals surface area contributed by atoms with Crippen LogP contribution in [0.3, 0.4) is 0 Å². The summed E-state index contributed by atoms with van der Waals surface area (Å²) in [6.45, 7) is 0.946. The van der Waals surface area contributed by atoms with Gasteiger partial charge in [0.05, 0.1) is 18.5 Å². The molecule has 0 aromatic heterocycles. The van der Waals surface area contributed by atoms with Crippen molar-refractivity contribution in [3.63, 3.8) is 0 Å². The summed E-state index contributed by atoms with van der Waals surface area (Å²) in [5.74, 6) is 0.538. The lowest BCUT2D eigenvalue weighted by molar-refractivity contribution is -0.121. The van der Waals surface area contributed by atoms with Gasteiger partial charge in [0.2, 0.25) is 15.9 Å². The Morgan fingerprint density at radius 1 is 1.17 bits per heavy atom. The second-order valence-corrected chi connectivity index (χ2v) is 9.45. The van der Waals surface area contributed by atoms with E-state index in [-0.39, 0.29) is 18.9 Å². The first-order valence-corrected chi connectivity index (χ1v) is 12.5. The highest BCUT2D eigenvalue weighted by Crippen LogP contribution is 2.30. The molecule has 1 amide bonds. The summed E-state index contributed by atoms with van der Waals surface area (Å²) in [6.07, 6.45) is 3.73. The summed E-state index contributed by atoms with van der Waals surface area (Å²) < 4.78 is 31.3. The molecule has 0 radical (unpaired) electrons. The predicted octanol–water partition coefficient (Wildman–Crippen LogP) is 3.80. The molecule has 158 valence electrons. The Morgan fingerprint density at radius 2 is 1.86 bits per heavy atom. The average Bonchev–Trinajstić information content (AvgIpc) is 2.69. The number of hydrogen-bond donors (Lipinski definition) is 1. The van der Waals surface area contributed by atoms with Gasteiger partial charge in [0.25, 0.3) is 0 Å². The Labute approximate surface area is 181 Å². The van der Waals surface area contributed by atoms with Gasteiger partial charge in [-0.15, -0.1) is 11.8 Å². The number of nitrogens with zero attached hydrogens (tertiary/aromatic N) is 1. The third-order valence-corrected chi connectivity index (χ3v) is 6.24. The van der Waals surface area contributed by atoms with E-state index >= 15 is 0 Å². The second kappa shape index (κ2) is 11.3. The van der Waals surface area contributed by atoms with Gasteiger partial charge in [0.15, 0.2) is 0 Å². The van der Waals surface area contributed by atoms with Crippen molar-refractivity contribution >= 4 is 45.0 Å². The molecule has 0 saturated heterocycles. The minimum Gasteiger partial charge on any atom is -0.492 e. The highest BCUT2D eigenvalue weighted by Gasteiger charge is 2.20. The molecule has 2 rings (SSSR count). The summed E-state index contributed by atoms with van der Waals surface area (Å²) in [5.41, 5.74) is 0.638. The SMILES string of the molecule is CSc1ccccc1N(CCCC(=O)NCCOc1ccc(Cl)cc1)S(C)(=O)=O. The number of thioether (sulfide) groups is 1. The van der Waals surface area contributed by atoms with Crippen molar-refractivity contribution in [1.82, 2.24) is 5.32 Å². The molecule has 0 spiro atoms. The van der Waals surface area contributed by atoms with Gasteiger partial charge in [-0.25, -0.2) is 8.42 Å².